The lowest BCUT2D eigenvalue weighted by Gasteiger charge is -2.44. The van der Waals surface area contributed by atoms with E-state index in [1.165, 1.54) is 6.07 Å². The van der Waals surface area contributed by atoms with Crippen LogP contribution in [0.2, 0.25) is 0 Å². The molecule has 0 bridgehead atoms. The average molecular weight is 551 g/mol. The number of nitrogens with one attached hydrogen (secondary N) is 2. The molecule has 11 heteroatoms. The molecule has 1 aromatic carbocycles. The van der Waals surface area contributed by atoms with Gasteiger partial charge in [0.25, 0.3) is 5.91 Å². The van der Waals surface area contributed by atoms with Gasteiger partial charge in [0.2, 0.25) is 11.8 Å². The second kappa shape index (κ2) is 12.8. The van der Waals surface area contributed by atoms with E-state index in [1.54, 1.807) is 12.3 Å². The van der Waals surface area contributed by atoms with Crippen molar-refractivity contribution >= 4 is 11.8 Å². The number of pyridine rings is 1. The molecule has 1 saturated heterocycles. The van der Waals surface area contributed by atoms with Crippen LogP contribution in [0, 0.1) is 0 Å². The van der Waals surface area contributed by atoms with E-state index in [9.17, 15) is 27.9 Å². The first kappa shape index (κ1) is 30.4. The lowest BCUT2D eigenvalue weighted by Crippen LogP contribution is -2.62. The number of carbonyl (C=O) groups is 2. The van der Waals surface area contributed by atoms with E-state index in [-0.39, 0.29) is 29.8 Å². The molecule has 2 atom stereocenters. The van der Waals surface area contributed by atoms with Crippen LogP contribution >= 0.6 is 0 Å². The molecule has 2 aromatic rings. The summed E-state index contributed by atoms with van der Waals surface area (Å²) in [5.41, 5.74) is -0.708. The third-order valence-corrected chi connectivity index (χ3v) is 6.45. The highest BCUT2D eigenvalue weighted by Crippen LogP contribution is 2.29. The molecule has 39 heavy (non-hydrogen) atoms. The van der Waals surface area contributed by atoms with E-state index in [4.69, 9.17) is 4.74 Å². The van der Waals surface area contributed by atoms with Crippen LogP contribution in [-0.2, 0) is 11.0 Å². The summed E-state index contributed by atoms with van der Waals surface area (Å²) in [4.78, 5) is 31.0. The van der Waals surface area contributed by atoms with Gasteiger partial charge in [-0.15, -0.1) is 0 Å². The van der Waals surface area contributed by atoms with Crippen molar-refractivity contribution in [1.29, 1.82) is 0 Å². The Morgan fingerprint density at radius 1 is 1.15 bits per heavy atom. The van der Waals surface area contributed by atoms with Crippen LogP contribution < -0.4 is 15.4 Å². The summed E-state index contributed by atoms with van der Waals surface area (Å²) >= 11 is 0. The Labute approximate surface area is 226 Å². The first-order chi connectivity index (χ1) is 18.2. The highest BCUT2D eigenvalue weighted by atomic mass is 19.4. The van der Waals surface area contributed by atoms with Crippen LogP contribution in [0.4, 0.5) is 13.2 Å². The Morgan fingerprint density at radius 2 is 1.87 bits per heavy atom. The standard InChI is InChI=1S/C28H37F3N4O4/c1-5-22(10-11-23(36)19-9-12-25(32-14-19)39-27(2,3)4)35-16-21(17-35)34-24(37)15-33-26(38)18-7-6-8-20(13-18)28(29,30)31/h6-9,12-14,21-23,36H,5,10-11,15-17H2,1-4H3,(H,33,38)(H,34,37). The summed E-state index contributed by atoms with van der Waals surface area (Å²) in [5, 5.41) is 15.8. The number of benzene rings is 1. The maximum atomic E-state index is 12.9. The van der Waals surface area contributed by atoms with Gasteiger partial charge in [0.15, 0.2) is 0 Å². The topological polar surface area (TPSA) is 104 Å². The summed E-state index contributed by atoms with van der Waals surface area (Å²) < 4.78 is 44.3. The molecule has 0 spiro atoms. The molecule has 0 aliphatic carbocycles. The van der Waals surface area contributed by atoms with Crippen LogP contribution in [0.3, 0.4) is 0 Å². The SMILES string of the molecule is CCC(CCC(O)c1ccc(OC(C)(C)C)nc1)N1CC(NC(=O)CNC(=O)c2cccc(C(F)(F)F)c2)C1. The molecule has 3 rings (SSSR count). The van der Waals surface area contributed by atoms with Crippen molar-refractivity contribution in [2.75, 3.05) is 19.6 Å². The maximum Gasteiger partial charge on any atom is 0.416 e. The van der Waals surface area contributed by atoms with Crippen molar-refractivity contribution in [2.45, 2.75) is 76.9 Å². The van der Waals surface area contributed by atoms with Gasteiger partial charge in [-0.3, -0.25) is 14.5 Å². The highest BCUT2D eigenvalue weighted by molar-refractivity contribution is 5.96. The molecule has 2 heterocycles. The van der Waals surface area contributed by atoms with Crippen LogP contribution in [0.1, 0.15) is 74.5 Å². The van der Waals surface area contributed by atoms with Gasteiger partial charge in [-0.05, 0) is 69.9 Å². The number of amides is 2. The molecule has 0 saturated carbocycles. The van der Waals surface area contributed by atoms with Crippen molar-refractivity contribution in [1.82, 2.24) is 20.5 Å². The zero-order chi connectivity index (χ0) is 28.8. The Bertz CT molecular complexity index is 1110. The smallest absolute Gasteiger partial charge is 0.416 e. The van der Waals surface area contributed by atoms with Crippen LogP contribution in [0.5, 0.6) is 5.88 Å². The van der Waals surface area contributed by atoms with Gasteiger partial charge in [0.1, 0.15) is 5.60 Å². The van der Waals surface area contributed by atoms with Gasteiger partial charge in [-0.1, -0.05) is 13.0 Å². The molecular formula is C28H37F3N4O4. The minimum Gasteiger partial charge on any atom is -0.472 e. The molecule has 2 unspecified atom stereocenters. The van der Waals surface area contributed by atoms with Crippen molar-refractivity contribution in [3.05, 3.63) is 59.3 Å². The number of aliphatic hydroxyl groups is 1. The number of nitrogens with zero attached hydrogens (tertiary/aromatic N) is 2. The predicted octanol–water partition coefficient (Wildman–Crippen LogP) is 4.10. The van der Waals surface area contributed by atoms with Crippen LogP contribution in [-0.4, -0.2) is 64.1 Å². The molecule has 0 radical (unpaired) electrons. The Kier molecular flexibility index (Phi) is 9.95. The van der Waals surface area contributed by atoms with Crippen molar-refractivity contribution in [3.8, 4) is 5.88 Å². The number of hydrogen-bond donors (Lipinski definition) is 3. The quantitative estimate of drug-likeness (QED) is 0.389. The van der Waals surface area contributed by atoms with Gasteiger partial charge in [-0.2, -0.15) is 13.2 Å². The maximum absolute atomic E-state index is 12.9. The van der Waals surface area contributed by atoms with E-state index in [2.05, 4.69) is 27.4 Å². The van der Waals surface area contributed by atoms with Gasteiger partial charge in [-0.25, -0.2) is 4.98 Å². The van der Waals surface area contributed by atoms with E-state index in [0.717, 1.165) is 36.6 Å². The summed E-state index contributed by atoms with van der Waals surface area (Å²) in [5.74, 6) is -0.647. The number of carbonyl (C=O) groups excluding carboxylic acids is 2. The van der Waals surface area contributed by atoms with Crippen molar-refractivity contribution in [2.24, 2.45) is 0 Å². The number of alkyl halides is 3. The Balaban J connectivity index is 1.38. The second-order valence-corrected chi connectivity index (χ2v) is 10.8. The number of hydrogen-bond acceptors (Lipinski definition) is 6. The zero-order valence-corrected chi connectivity index (χ0v) is 22.7. The molecule has 1 aromatic heterocycles. The van der Waals surface area contributed by atoms with Crippen molar-refractivity contribution in [3.63, 3.8) is 0 Å². The molecule has 3 N–H and O–H groups in total. The third-order valence-electron chi connectivity index (χ3n) is 6.45. The highest BCUT2D eigenvalue weighted by Gasteiger charge is 2.33. The van der Waals surface area contributed by atoms with Gasteiger partial charge < -0.3 is 20.5 Å². The number of rotatable bonds is 11. The van der Waals surface area contributed by atoms with Crippen LogP contribution in [0.25, 0.3) is 0 Å². The average Bonchev–Trinajstić information content (AvgIpc) is 2.84. The molecule has 8 nitrogen and oxygen atoms in total. The Morgan fingerprint density at radius 3 is 2.46 bits per heavy atom. The lowest BCUT2D eigenvalue weighted by atomic mass is 9.96. The second-order valence-electron chi connectivity index (χ2n) is 10.8. The van der Waals surface area contributed by atoms with Gasteiger partial charge >= 0.3 is 6.18 Å². The number of likely N-dealkylation sites (tertiary alicyclic amines) is 1. The first-order valence-electron chi connectivity index (χ1n) is 13.1. The fourth-order valence-electron chi connectivity index (χ4n) is 4.40. The third kappa shape index (κ3) is 9.21. The molecular weight excluding hydrogens is 513 g/mol. The fraction of sp³-hybridized carbons (Fsp3) is 0.536. The summed E-state index contributed by atoms with van der Waals surface area (Å²) in [7, 11) is 0. The summed E-state index contributed by atoms with van der Waals surface area (Å²) in [6.45, 7) is 8.85. The van der Waals surface area contributed by atoms with Crippen LogP contribution in [0.15, 0.2) is 42.6 Å². The van der Waals surface area contributed by atoms with Gasteiger partial charge in [0.05, 0.1) is 24.3 Å². The number of halogens is 3. The molecule has 214 valence electrons. The molecule has 2 amide bonds. The van der Waals surface area contributed by atoms with E-state index in [0.29, 0.717) is 25.4 Å². The summed E-state index contributed by atoms with van der Waals surface area (Å²) in [6.07, 6.45) is -1.35. The van der Waals surface area contributed by atoms with Gasteiger partial charge in [0, 0.05) is 37.0 Å². The molecule has 1 aliphatic heterocycles. The minimum atomic E-state index is -4.55. The monoisotopic (exact) mass is 550 g/mol. The normalized spacial score (nSPS) is 16.2. The van der Waals surface area contributed by atoms with E-state index >= 15 is 0 Å². The number of aliphatic hydroxyl groups excluding tert-OH is 1. The van der Waals surface area contributed by atoms with E-state index < -0.39 is 29.7 Å². The predicted molar refractivity (Wildman–Crippen MR) is 140 cm³/mol. The van der Waals surface area contributed by atoms with Crippen molar-refractivity contribution < 1.29 is 32.6 Å². The summed E-state index contributed by atoms with van der Waals surface area (Å²) in [6, 6.07) is 7.79. The number of aromatic nitrogens is 1. The molecule has 1 fully saturated rings. The minimum absolute atomic E-state index is 0.0820. The lowest BCUT2D eigenvalue weighted by molar-refractivity contribution is -0.137. The first-order valence-corrected chi connectivity index (χ1v) is 13.1. The largest absolute Gasteiger partial charge is 0.472 e. The molecule has 1 aliphatic rings. The van der Waals surface area contributed by atoms with E-state index in [1.807, 2.05) is 26.8 Å². The fourth-order valence-corrected chi connectivity index (χ4v) is 4.40. The Hall–Kier alpha value is -3.18. The zero-order valence-electron chi connectivity index (χ0n) is 22.7. The number of ether oxygens (including phenoxy) is 1.